The average Bonchev–Trinajstić information content (AvgIpc) is 2.91. The second-order valence-electron chi connectivity index (χ2n) is 7.01. The lowest BCUT2D eigenvalue weighted by atomic mass is 9.95. The van der Waals surface area contributed by atoms with Crippen LogP contribution in [0.25, 0.3) is 0 Å². The van der Waals surface area contributed by atoms with Crippen LogP contribution in [0.2, 0.25) is 0 Å². The second-order valence-corrected chi connectivity index (χ2v) is 7.01. The molecular weight excluding hydrogens is 250 g/mol. The summed E-state index contributed by atoms with van der Waals surface area (Å²) in [6, 6.07) is -0.301. The summed E-state index contributed by atoms with van der Waals surface area (Å²) < 4.78 is 0. The number of rotatable bonds is 5. The molecule has 2 fully saturated rings. The number of hydrogen-bond donors (Lipinski definition) is 1. The molecule has 2 aliphatic heterocycles. The lowest BCUT2D eigenvalue weighted by molar-refractivity contribution is -0.134. The van der Waals surface area contributed by atoms with E-state index in [2.05, 4.69) is 18.7 Å². The van der Waals surface area contributed by atoms with Gasteiger partial charge in [-0.15, -0.1) is 0 Å². The van der Waals surface area contributed by atoms with E-state index in [9.17, 15) is 4.79 Å². The quantitative estimate of drug-likeness (QED) is 0.834. The van der Waals surface area contributed by atoms with Crippen LogP contribution in [-0.4, -0.2) is 54.5 Å². The number of likely N-dealkylation sites (tertiary alicyclic amines) is 2. The Labute approximate surface area is 123 Å². The molecule has 2 aliphatic rings. The first-order chi connectivity index (χ1) is 9.56. The zero-order valence-electron chi connectivity index (χ0n) is 13.2. The van der Waals surface area contributed by atoms with Crippen molar-refractivity contribution >= 4 is 5.91 Å². The summed E-state index contributed by atoms with van der Waals surface area (Å²) in [7, 11) is 0. The number of amides is 1. The third-order valence-electron chi connectivity index (χ3n) is 4.68. The first-order valence-electron chi connectivity index (χ1n) is 8.33. The maximum atomic E-state index is 12.3. The smallest absolute Gasteiger partial charge is 0.239 e. The molecule has 0 spiro atoms. The number of carbonyl (C=O) groups excluding carboxylic acids is 1. The lowest BCUT2D eigenvalue weighted by Gasteiger charge is -2.35. The maximum Gasteiger partial charge on any atom is 0.239 e. The Balaban J connectivity index is 1.71. The zero-order valence-corrected chi connectivity index (χ0v) is 13.2. The van der Waals surface area contributed by atoms with Gasteiger partial charge in [-0.25, -0.2) is 0 Å². The van der Waals surface area contributed by atoms with Crippen LogP contribution >= 0.6 is 0 Å². The van der Waals surface area contributed by atoms with Crippen LogP contribution in [-0.2, 0) is 4.79 Å². The Morgan fingerprint density at radius 1 is 1.15 bits per heavy atom. The fraction of sp³-hybridized carbons (Fsp3) is 0.938. The lowest BCUT2D eigenvalue weighted by Crippen LogP contribution is -2.48. The van der Waals surface area contributed by atoms with Crippen molar-refractivity contribution in [3.8, 4) is 0 Å². The molecule has 0 aromatic heterocycles. The molecule has 0 aromatic carbocycles. The van der Waals surface area contributed by atoms with Crippen LogP contribution in [0, 0.1) is 11.8 Å². The highest BCUT2D eigenvalue weighted by Crippen LogP contribution is 2.21. The van der Waals surface area contributed by atoms with Gasteiger partial charge in [0.2, 0.25) is 5.91 Å². The van der Waals surface area contributed by atoms with Gasteiger partial charge < -0.3 is 15.5 Å². The highest BCUT2D eigenvalue weighted by Gasteiger charge is 2.27. The van der Waals surface area contributed by atoms with E-state index in [1.165, 1.54) is 32.5 Å². The molecule has 0 radical (unpaired) electrons. The van der Waals surface area contributed by atoms with Crippen molar-refractivity contribution in [2.24, 2.45) is 17.6 Å². The van der Waals surface area contributed by atoms with Crippen molar-refractivity contribution in [3.63, 3.8) is 0 Å². The minimum atomic E-state index is -0.301. The predicted octanol–water partition coefficient (Wildman–Crippen LogP) is 1.69. The Kier molecular flexibility index (Phi) is 5.85. The van der Waals surface area contributed by atoms with E-state index < -0.39 is 0 Å². The molecular formula is C16H31N3O. The number of carbonyl (C=O) groups is 1. The Morgan fingerprint density at radius 2 is 1.75 bits per heavy atom. The van der Waals surface area contributed by atoms with Gasteiger partial charge in [-0.2, -0.15) is 0 Å². The third kappa shape index (κ3) is 4.45. The number of nitrogens with zero attached hydrogens (tertiary/aromatic N) is 2. The SMILES string of the molecule is CC(C)CC(N)C(=O)N1CCC(CN2CCCC2)CC1. The van der Waals surface area contributed by atoms with Crippen LogP contribution in [0.3, 0.4) is 0 Å². The maximum absolute atomic E-state index is 12.3. The number of nitrogens with two attached hydrogens (primary N) is 1. The van der Waals surface area contributed by atoms with E-state index in [0.29, 0.717) is 5.92 Å². The van der Waals surface area contributed by atoms with Crippen molar-refractivity contribution in [1.29, 1.82) is 0 Å². The standard InChI is InChI=1S/C16H31N3O/c1-13(2)11-15(17)16(20)19-9-5-14(6-10-19)12-18-7-3-4-8-18/h13-15H,3-12,17H2,1-2H3. The highest BCUT2D eigenvalue weighted by atomic mass is 16.2. The first kappa shape index (κ1) is 15.8. The summed E-state index contributed by atoms with van der Waals surface area (Å²) in [5.74, 6) is 1.43. The van der Waals surface area contributed by atoms with Crippen molar-refractivity contribution < 1.29 is 4.79 Å². The highest BCUT2D eigenvalue weighted by molar-refractivity contribution is 5.81. The molecule has 4 heteroatoms. The van der Waals surface area contributed by atoms with Gasteiger partial charge >= 0.3 is 0 Å². The normalized spacial score (nSPS) is 23.5. The summed E-state index contributed by atoms with van der Waals surface area (Å²) in [4.78, 5) is 16.9. The minimum Gasteiger partial charge on any atom is -0.341 e. The first-order valence-corrected chi connectivity index (χ1v) is 8.33. The van der Waals surface area contributed by atoms with E-state index in [4.69, 9.17) is 5.73 Å². The van der Waals surface area contributed by atoms with Crippen LogP contribution in [0.15, 0.2) is 0 Å². The summed E-state index contributed by atoms with van der Waals surface area (Å²) in [5, 5.41) is 0. The molecule has 1 unspecified atom stereocenters. The molecule has 4 nitrogen and oxygen atoms in total. The van der Waals surface area contributed by atoms with Gasteiger partial charge in [0.25, 0.3) is 0 Å². The Hall–Kier alpha value is -0.610. The number of hydrogen-bond acceptors (Lipinski definition) is 3. The second kappa shape index (κ2) is 7.41. The topological polar surface area (TPSA) is 49.6 Å². The molecule has 1 amide bonds. The third-order valence-corrected chi connectivity index (χ3v) is 4.68. The van der Waals surface area contributed by atoms with Gasteiger partial charge in [0.1, 0.15) is 0 Å². The minimum absolute atomic E-state index is 0.165. The Morgan fingerprint density at radius 3 is 2.30 bits per heavy atom. The molecule has 2 N–H and O–H groups in total. The van der Waals surface area contributed by atoms with Crippen LogP contribution < -0.4 is 5.73 Å². The van der Waals surface area contributed by atoms with E-state index in [-0.39, 0.29) is 11.9 Å². The molecule has 116 valence electrons. The van der Waals surface area contributed by atoms with Gasteiger partial charge in [0, 0.05) is 19.6 Å². The number of piperidine rings is 1. The largest absolute Gasteiger partial charge is 0.341 e. The van der Waals surface area contributed by atoms with Crippen molar-refractivity contribution in [3.05, 3.63) is 0 Å². The predicted molar refractivity (Wildman–Crippen MR) is 82.4 cm³/mol. The average molecular weight is 281 g/mol. The van der Waals surface area contributed by atoms with E-state index >= 15 is 0 Å². The van der Waals surface area contributed by atoms with Crippen molar-refractivity contribution in [1.82, 2.24) is 9.80 Å². The van der Waals surface area contributed by atoms with Crippen LogP contribution in [0.5, 0.6) is 0 Å². The molecule has 0 aliphatic carbocycles. The van der Waals surface area contributed by atoms with Gasteiger partial charge in [0.15, 0.2) is 0 Å². The fourth-order valence-corrected chi connectivity index (χ4v) is 3.51. The molecule has 2 saturated heterocycles. The van der Waals surface area contributed by atoms with E-state index in [1.54, 1.807) is 0 Å². The molecule has 20 heavy (non-hydrogen) atoms. The summed E-state index contributed by atoms with van der Waals surface area (Å²) >= 11 is 0. The van der Waals surface area contributed by atoms with E-state index in [0.717, 1.165) is 38.3 Å². The van der Waals surface area contributed by atoms with Gasteiger partial charge in [-0.1, -0.05) is 13.8 Å². The molecule has 0 bridgehead atoms. The molecule has 2 rings (SSSR count). The summed E-state index contributed by atoms with van der Waals surface area (Å²) in [6.45, 7) is 9.84. The summed E-state index contributed by atoms with van der Waals surface area (Å²) in [6.07, 6.45) is 5.82. The van der Waals surface area contributed by atoms with Crippen LogP contribution in [0.1, 0.15) is 46.0 Å². The summed E-state index contributed by atoms with van der Waals surface area (Å²) in [5.41, 5.74) is 6.02. The Bertz CT molecular complexity index is 305. The van der Waals surface area contributed by atoms with Gasteiger partial charge in [-0.3, -0.25) is 4.79 Å². The van der Waals surface area contributed by atoms with E-state index in [1.807, 2.05) is 4.90 Å². The molecule has 0 saturated carbocycles. The van der Waals surface area contributed by atoms with Crippen molar-refractivity contribution in [2.45, 2.75) is 52.0 Å². The zero-order chi connectivity index (χ0) is 14.5. The molecule has 0 aromatic rings. The monoisotopic (exact) mass is 281 g/mol. The fourth-order valence-electron chi connectivity index (χ4n) is 3.51. The van der Waals surface area contributed by atoms with Crippen molar-refractivity contribution in [2.75, 3.05) is 32.7 Å². The molecule has 1 atom stereocenters. The molecule has 2 heterocycles. The van der Waals surface area contributed by atoms with Gasteiger partial charge in [0.05, 0.1) is 6.04 Å². The van der Waals surface area contributed by atoms with Crippen LogP contribution in [0.4, 0.5) is 0 Å². The van der Waals surface area contributed by atoms with Gasteiger partial charge in [-0.05, 0) is 57.0 Å².